The number of benzene rings is 1. The van der Waals surface area contributed by atoms with Gasteiger partial charge in [0.2, 0.25) is 0 Å². The Hall–Kier alpha value is -0.570. The predicted octanol–water partition coefficient (Wildman–Crippen LogP) is 3.97. The van der Waals surface area contributed by atoms with Crippen molar-refractivity contribution in [2.24, 2.45) is 5.92 Å². The first-order valence-electron chi connectivity index (χ1n) is 12.1. The van der Waals surface area contributed by atoms with Gasteiger partial charge in [0.25, 0.3) is 0 Å². The van der Waals surface area contributed by atoms with Crippen LogP contribution >= 0.6 is 0 Å². The molecule has 0 aliphatic carbocycles. The molecule has 0 radical (unpaired) electrons. The van der Waals surface area contributed by atoms with E-state index in [4.69, 9.17) is 0 Å². The van der Waals surface area contributed by atoms with Crippen molar-refractivity contribution in [3.8, 4) is 0 Å². The van der Waals surface area contributed by atoms with Gasteiger partial charge in [-0.2, -0.15) is 0 Å². The molecule has 1 unspecified atom stereocenters. The molecule has 1 atom stereocenters. The van der Waals surface area contributed by atoms with Crippen LogP contribution in [0.15, 0.2) is 30.3 Å². The van der Waals surface area contributed by atoms with Crippen molar-refractivity contribution in [1.29, 1.82) is 0 Å². The lowest BCUT2D eigenvalue weighted by Gasteiger charge is -2.40. The summed E-state index contributed by atoms with van der Waals surface area (Å²) in [5.41, 5.74) is 1.44. The van der Waals surface area contributed by atoms with E-state index in [1.165, 1.54) is 82.9 Å². The number of quaternary nitrogens is 1. The van der Waals surface area contributed by atoms with Gasteiger partial charge in [-0.25, -0.2) is 0 Å². The van der Waals surface area contributed by atoms with Gasteiger partial charge >= 0.3 is 0 Å². The van der Waals surface area contributed by atoms with E-state index in [-0.39, 0.29) is 12.4 Å². The zero-order chi connectivity index (χ0) is 20.5. The van der Waals surface area contributed by atoms with Crippen LogP contribution in [0.4, 0.5) is 0 Å². The summed E-state index contributed by atoms with van der Waals surface area (Å²) in [6.45, 7) is 12.0. The van der Waals surface area contributed by atoms with Crippen molar-refractivity contribution in [1.82, 2.24) is 0 Å². The average Bonchev–Trinajstić information content (AvgIpc) is 2.68. The lowest BCUT2D eigenvalue weighted by Crippen LogP contribution is -3.00. The third kappa shape index (κ3) is 14.1. The summed E-state index contributed by atoms with van der Waals surface area (Å²) in [4.78, 5) is 0. The topological polar surface area (TPSA) is 20.2 Å². The quantitative estimate of drug-likeness (QED) is 0.278. The van der Waals surface area contributed by atoms with Crippen molar-refractivity contribution < 1.29 is 22.0 Å². The molecule has 0 heterocycles. The van der Waals surface area contributed by atoms with E-state index in [9.17, 15) is 5.11 Å². The Morgan fingerprint density at radius 1 is 0.759 bits per heavy atom. The van der Waals surface area contributed by atoms with Gasteiger partial charge in [-0.3, -0.25) is 0 Å². The largest absolute Gasteiger partial charge is 1.00 e. The molecule has 1 aromatic carbocycles. The van der Waals surface area contributed by atoms with Crippen molar-refractivity contribution in [3.63, 3.8) is 0 Å². The molecule has 0 aromatic heterocycles. The molecule has 0 saturated heterocycles. The zero-order valence-corrected chi connectivity index (χ0v) is 20.3. The number of aliphatic hydroxyl groups excluding tert-OH is 1. The summed E-state index contributed by atoms with van der Waals surface area (Å²) in [7, 11) is 0. The lowest BCUT2D eigenvalue weighted by molar-refractivity contribution is -0.944. The van der Waals surface area contributed by atoms with Gasteiger partial charge in [0, 0.05) is 24.5 Å². The summed E-state index contributed by atoms with van der Waals surface area (Å²) in [6, 6.07) is 11.0. The molecule has 1 rings (SSSR count). The van der Waals surface area contributed by atoms with Crippen LogP contribution in [0.1, 0.15) is 97.0 Å². The second kappa shape index (κ2) is 18.2. The first kappa shape index (κ1) is 28.4. The number of hydrogen-bond acceptors (Lipinski definition) is 1. The lowest BCUT2D eigenvalue weighted by atomic mass is 10.0. The fourth-order valence-electron chi connectivity index (χ4n) is 4.60. The van der Waals surface area contributed by atoms with Crippen molar-refractivity contribution in [2.75, 3.05) is 26.2 Å². The number of aliphatic hydroxyl groups is 1. The van der Waals surface area contributed by atoms with E-state index < -0.39 is 0 Å². The number of halogens is 1. The summed E-state index contributed by atoms with van der Waals surface area (Å²) in [5, 5.41) is 9.47. The molecule has 0 aliphatic heterocycles. The molecule has 0 saturated carbocycles. The minimum Gasteiger partial charge on any atom is -1.00 e. The molecule has 1 aromatic rings. The van der Waals surface area contributed by atoms with Gasteiger partial charge in [0.1, 0.15) is 6.54 Å². The second-order valence-corrected chi connectivity index (χ2v) is 9.27. The van der Waals surface area contributed by atoms with Gasteiger partial charge in [0.15, 0.2) is 0 Å². The normalized spacial score (nSPS) is 13.3. The van der Waals surface area contributed by atoms with E-state index in [1.54, 1.807) is 0 Å². The standard InChI is InChI=1S/C26H48NO.ClH/c1-4-5-6-7-8-9-10-11-12-16-20-27(21-17-22-28,23-25(2)3)24-26-18-14-13-15-19-26;/h13-15,18-19,25,28H,4-12,16-17,20-24H2,1-3H3;1H/q+1;/p-1. The minimum absolute atomic E-state index is 0. The highest BCUT2D eigenvalue weighted by Crippen LogP contribution is 2.21. The predicted molar refractivity (Wildman–Crippen MR) is 123 cm³/mol. The maximum Gasteiger partial charge on any atom is 0.104 e. The Bertz CT molecular complexity index is 465. The van der Waals surface area contributed by atoms with Crippen LogP contribution in [0.3, 0.4) is 0 Å². The van der Waals surface area contributed by atoms with E-state index in [0.29, 0.717) is 12.5 Å². The highest BCUT2D eigenvalue weighted by Gasteiger charge is 2.28. The fourth-order valence-corrected chi connectivity index (χ4v) is 4.60. The molecule has 0 bridgehead atoms. The number of rotatable bonds is 18. The molecule has 1 N–H and O–H groups in total. The number of hydrogen-bond donors (Lipinski definition) is 1. The Balaban J connectivity index is 0.00000784. The summed E-state index contributed by atoms with van der Waals surface area (Å²) in [5.74, 6) is 0.686. The highest BCUT2D eigenvalue weighted by atomic mass is 35.5. The number of nitrogens with zero attached hydrogens (tertiary/aromatic N) is 1. The molecule has 0 fully saturated rings. The fraction of sp³-hybridized carbons (Fsp3) is 0.769. The van der Waals surface area contributed by atoms with Crippen LogP contribution in [0.5, 0.6) is 0 Å². The maximum absolute atomic E-state index is 9.47. The van der Waals surface area contributed by atoms with Crippen molar-refractivity contribution in [2.45, 2.75) is 97.9 Å². The monoisotopic (exact) mass is 425 g/mol. The molecular formula is C26H48ClNO. The third-order valence-corrected chi connectivity index (χ3v) is 5.89. The Kier molecular flexibility index (Phi) is 17.9. The molecule has 3 heteroatoms. The Morgan fingerprint density at radius 2 is 1.28 bits per heavy atom. The minimum atomic E-state index is 0. The van der Waals surface area contributed by atoms with Crippen LogP contribution in [0.25, 0.3) is 0 Å². The van der Waals surface area contributed by atoms with Crippen LogP contribution in [-0.2, 0) is 6.54 Å². The van der Waals surface area contributed by atoms with Gasteiger partial charge in [-0.15, -0.1) is 0 Å². The van der Waals surface area contributed by atoms with E-state index in [1.807, 2.05) is 0 Å². The smallest absolute Gasteiger partial charge is 0.104 e. The molecular weight excluding hydrogens is 378 g/mol. The summed E-state index contributed by atoms with van der Waals surface area (Å²) < 4.78 is 1.14. The van der Waals surface area contributed by atoms with Crippen LogP contribution in [0.2, 0.25) is 0 Å². The average molecular weight is 426 g/mol. The Morgan fingerprint density at radius 3 is 1.79 bits per heavy atom. The summed E-state index contributed by atoms with van der Waals surface area (Å²) in [6.07, 6.45) is 14.9. The van der Waals surface area contributed by atoms with Gasteiger partial charge in [-0.1, -0.05) is 102 Å². The highest BCUT2D eigenvalue weighted by molar-refractivity contribution is 5.13. The third-order valence-electron chi connectivity index (χ3n) is 5.89. The molecule has 2 nitrogen and oxygen atoms in total. The summed E-state index contributed by atoms with van der Waals surface area (Å²) >= 11 is 0. The van der Waals surface area contributed by atoms with Crippen LogP contribution < -0.4 is 12.4 Å². The van der Waals surface area contributed by atoms with Crippen LogP contribution in [-0.4, -0.2) is 35.8 Å². The van der Waals surface area contributed by atoms with Gasteiger partial charge < -0.3 is 22.0 Å². The SMILES string of the molecule is CCCCCCCCCCCC[N+](CCCO)(Cc1ccccc1)CC(C)C.[Cl-]. The first-order valence-corrected chi connectivity index (χ1v) is 12.1. The van der Waals surface area contributed by atoms with E-state index in [2.05, 4.69) is 51.1 Å². The van der Waals surface area contributed by atoms with E-state index >= 15 is 0 Å². The van der Waals surface area contributed by atoms with Crippen LogP contribution in [0, 0.1) is 5.92 Å². The number of unbranched alkanes of at least 4 members (excludes halogenated alkanes) is 9. The Labute approximate surface area is 188 Å². The van der Waals surface area contributed by atoms with Gasteiger partial charge in [0.05, 0.1) is 19.6 Å². The molecule has 0 spiro atoms. The molecule has 0 amide bonds. The first-order chi connectivity index (χ1) is 13.6. The van der Waals surface area contributed by atoms with Gasteiger partial charge in [-0.05, 0) is 12.8 Å². The second-order valence-electron chi connectivity index (χ2n) is 9.27. The van der Waals surface area contributed by atoms with E-state index in [0.717, 1.165) is 24.0 Å². The van der Waals surface area contributed by atoms with Crippen molar-refractivity contribution in [3.05, 3.63) is 35.9 Å². The zero-order valence-electron chi connectivity index (χ0n) is 19.6. The molecule has 170 valence electrons. The van der Waals surface area contributed by atoms with Crippen molar-refractivity contribution >= 4 is 0 Å². The molecule has 29 heavy (non-hydrogen) atoms. The molecule has 0 aliphatic rings. The maximum atomic E-state index is 9.47.